The molecule has 3 rings (SSSR count). The third kappa shape index (κ3) is 5.82. The van der Waals surface area contributed by atoms with E-state index in [1.165, 1.54) is 16.7 Å². The van der Waals surface area contributed by atoms with Gasteiger partial charge >= 0.3 is 0 Å². The van der Waals surface area contributed by atoms with Crippen molar-refractivity contribution in [1.82, 2.24) is 14.7 Å². The van der Waals surface area contributed by atoms with Crippen molar-refractivity contribution >= 4 is 36.0 Å². The van der Waals surface area contributed by atoms with Crippen molar-refractivity contribution < 1.29 is 24.3 Å². The maximum Gasteiger partial charge on any atom is 0.290 e. The highest BCUT2D eigenvalue weighted by Gasteiger charge is 2.38. The number of carbonyl (C=O) groups is 4. The lowest BCUT2D eigenvalue weighted by atomic mass is 10.2. The van der Waals surface area contributed by atoms with Crippen LogP contribution in [0.3, 0.4) is 0 Å². The molecule has 1 N–H and O–H groups in total. The third-order valence-electron chi connectivity index (χ3n) is 5.23. The molecule has 0 spiro atoms. The van der Waals surface area contributed by atoms with Gasteiger partial charge < -0.3 is 14.9 Å². The summed E-state index contributed by atoms with van der Waals surface area (Å²) in [6.45, 7) is 8.47. The first-order chi connectivity index (χ1) is 14.5. The molecule has 0 bridgehead atoms. The average Bonchev–Trinajstić information content (AvgIpc) is 2.91. The second-order valence-electron chi connectivity index (χ2n) is 6.97. The molecule has 2 aliphatic rings. The average molecular weight is 436 g/mol. The summed E-state index contributed by atoms with van der Waals surface area (Å²) in [5.41, 5.74) is 0.627. The number of imide groups is 1. The molecule has 0 aromatic heterocycles. The summed E-state index contributed by atoms with van der Waals surface area (Å²) in [4.78, 5) is 52.3. The lowest BCUT2D eigenvalue weighted by Crippen LogP contribution is -2.35. The Bertz CT molecular complexity index is 773. The molecule has 3 amide bonds. The van der Waals surface area contributed by atoms with Gasteiger partial charge in [0.1, 0.15) is 0 Å². The molecule has 30 heavy (non-hydrogen) atoms. The minimum atomic E-state index is -0.439. The van der Waals surface area contributed by atoms with E-state index < -0.39 is 5.25 Å². The zero-order valence-electron chi connectivity index (χ0n) is 17.5. The van der Waals surface area contributed by atoms with Crippen LogP contribution in [-0.4, -0.2) is 88.5 Å². The van der Waals surface area contributed by atoms with Gasteiger partial charge in [-0.05, 0) is 38.6 Å². The van der Waals surface area contributed by atoms with Gasteiger partial charge in [0.05, 0.1) is 10.8 Å². The molecule has 2 heterocycles. The molecular weight excluding hydrogens is 406 g/mol. The highest BCUT2D eigenvalue weighted by molar-refractivity contribution is 8.00. The second kappa shape index (κ2) is 11.7. The number of thioether (sulfide) groups is 1. The van der Waals surface area contributed by atoms with Crippen LogP contribution in [0.2, 0.25) is 0 Å². The number of benzene rings is 1. The Morgan fingerprint density at radius 1 is 1.13 bits per heavy atom. The van der Waals surface area contributed by atoms with E-state index in [9.17, 15) is 14.4 Å². The summed E-state index contributed by atoms with van der Waals surface area (Å²) in [5.74, 6) is -0.265. The number of nitrogens with zero attached hydrogens (tertiary/aromatic N) is 3. The van der Waals surface area contributed by atoms with E-state index >= 15 is 0 Å². The van der Waals surface area contributed by atoms with Crippen molar-refractivity contribution in [1.29, 1.82) is 0 Å². The van der Waals surface area contributed by atoms with Crippen LogP contribution in [0.25, 0.3) is 0 Å². The van der Waals surface area contributed by atoms with E-state index in [1.807, 2.05) is 29.2 Å². The zero-order chi connectivity index (χ0) is 22.1. The molecule has 1 unspecified atom stereocenters. The summed E-state index contributed by atoms with van der Waals surface area (Å²) in [7, 11) is 0. The van der Waals surface area contributed by atoms with Crippen LogP contribution in [0.4, 0.5) is 0 Å². The normalized spacial score (nSPS) is 19.9. The molecule has 1 atom stereocenters. The van der Waals surface area contributed by atoms with Gasteiger partial charge in [-0.15, -0.1) is 11.8 Å². The standard InChI is InChI=1S/C20H27N3O3S.CH2O2/c1-3-21-10-7-11-22(13-12-21)19(25)15-8-5-6-9-16(15)27-17-14-18(24)23(4-2)20(17)26;2-1-3/h5-6,8-9,17H,3-4,7,10-14H2,1-2H3;1H,(H,2,3). The number of rotatable bonds is 5. The lowest BCUT2D eigenvalue weighted by Gasteiger charge is -2.22. The van der Waals surface area contributed by atoms with Gasteiger partial charge in [0.25, 0.3) is 12.4 Å². The van der Waals surface area contributed by atoms with Gasteiger partial charge in [0, 0.05) is 37.5 Å². The molecule has 2 fully saturated rings. The van der Waals surface area contributed by atoms with Gasteiger partial charge in [-0.3, -0.25) is 24.1 Å². The van der Waals surface area contributed by atoms with E-state index in [0.29, 0.717) is 12.1 Å². The number of hydrogen-bond donors (Lipinski definition) is 1. The summed E-state index contributed by atoms with van der Waals surface area (Å²) in [6, 6.07) is 7.43. The van der Waals surface area contributed by atoms with E-state index in [1.54, 1.807) is 6.92 Å². The van der Waals surface area contributed by atoms with Gasteiger partial charge in [-0.2, -0.15) is 0 Å². The van der Waals surface area contributed by atoms with Gasteiger partial charge in [-0.1, -0.05) is 19.1 Å². The third-order valence-corrected chi connectivity index (χ3v) is 6.49. The first kappa shape index (κ1) is 23.9. The molecule has 0 saturated carbocycles. The summed E-state index contributed by atoms with van der Waals surface area (Å²) in [6.07, 6.45) is 1.17. The Balaban J connectivity index is 0.00000101. The van der Waals surface area contributed by atoms with Crippen LogP contribution in [0.5, 0.6) is 0 Å². The van der Waals surface area contributed by atoms with Crippen LogP contribution < -0.4 is 0 Å². The van der Waals surface area contributed by atoms with Gasteiger partial charge in [0.15, 0.2) is 0 Å². The van der Waals surface area contributed by atoms with Crippen LogP contribution in [0, 0.1) is 0 Å². The van der Waals surface area contributed by atoms with Gasteiger partial charge in [-0.25, -0.2) is 0 Å². The number of likely N-dealkylation sites (tertiary alicyclic amines) is 1. The number of carbonyl (C=O) groups excluding carboxylic acids is 3. The lowest BCUT2D eigenvalue weighted by molar-refractivity contribution is -0.138. The molecule has 1 aromatic rings. The van der Waals surface area contributed by atoms with Crippen molar-refractivity contribution in [2.75, 3.05) is 39.3 Å². The van der Waals surface area contributed by atoms with E-state index in [0.717, 1.165) is 44.0 Å². The second-order valence-corrected chi connectivity index (χ2v) is 8.21. The minimum absolute atomic E-state index is 0.0140. The van der Waals surface area contributed by atoms with Crippen molar-refractivity contribution in [3.8, 4) is 0 Å². The number of amides is 3. The monoisotopic (exact) mass is 435 g/mol. The topological polar surface area (TPSA) is 98.2 Å². The molecule has 8 nitrogen and oxygen atoms in total. The van der Waals surface area contributed by atoms with Crippen LogP contribution in [0.15, 0.2) is 29.2 Å². The Labute approximate surface area is 181 Å². The fourth-order valence-corrected chi connectivity index (χ4v) is 4.84. The quantitative estimate of drug-likeness (QED) is 0.556. The summed E-state index contributed by atoms with van der Waals surface area (Å²) >= 11 is 1.34. The Morgan fingerprint density at radius 2 is 1.83 bits per heavy atom. The smallest absolute Gasteiger partial charge is 0.290 e. The molecule has 9 heteroatoms. The SMILES string of the molecule is CCN1CCCN(C(=O)c2ccccc2SC2CC(=O)N(CC)C2=O)CC1.O=CO. The highest BCUT2D eigenvalue weighted by atomic mass is 32.2. The molecular formula is C21H29N3O5S. The summed E-state index contributed by atoms with van der Waals surface area (Å²) < 4.78 is 0. The number of hydrogen-bond acceptors (Lipinski definition) is 6. The predicted octanol–water partition coefficient (Wildman–Crippen LogP) is 1.79. The predicted molar refractivity (Wildman–Crippen MR) is 114 cm³/mol. The zero-order valence-corrected chi connectivity index (χ0v) is 18.3. The molecule has 0 aliphatic carbocycles. The Hall–Kier alpha value is -2.39. The molecule has 2 aliphatic heterocycles. The van der Waals surface area contributed by atoms with Crippen molar-refractivity contribution in [2.24, 2.45) is 0 Å². The molecule has 1 aromatic carbocycles. The van der Waals surface area contributed by atoms with Gasteiger partial charge in [0.2, 0.25) is 11.8 Å². The van der Waals surface area contributed by atoms with Crippen molar-refractivity contribution in [3.05, 3.63) is 29.8 Å². The molecule has 164 valence electrons. The Morgan fingerprint density at radius 3 is 2.47 bits per heavy atom. The largest absolute Gasteiger partial charge is 0.483 e. The Kier molecular flexibility index (Phi) is 9.32. The highest BCUT2D eigenvalue weighted by Crippen LogP contribution is 2.34. The van der Waals surface area contributed by atoms with E-state index in [2.05, 4.69) is 11.8 Å². The van der Waals surface area contributed by atoms with Crippen molar-refractivity contribution in [2.45, 2.75) is 36.8 Å². The van der Waals surface area contributed by atoms with Crippen LogP contribution >= 0.6 is 11.8 Å². The first-order valence-corrected chi connectivity index (χ1v) is 11.0. The van der Waals surface area contributed by atoms with E-state index in [-0.39, 0.29) is 30.6 Å². The fourth-order valence-electron chi connectivity index (χ4n) is 3.64. The number of likely N-dealkylation sites (N-methyl/N-ethyl adjacent to an activating group) is 1. The fraction of sp³-hybridized carbons (Fsp3) is 0.524. The van der Waals surface area contributed by atoms with Crippen LogP contribution in [-0.2, 0) is 14.4 Å². The first-order valence-electron chi connectivity index (χ1n) is 10.2. The van der Waals surface area contributed by atoms with Crippen LogP contribution in [0.1, 0.15) is 37.0 Å². The number of carboxylic acid groups (broad SMARTS) is 1. The maximum absolute atomic E-state index is 13.1. The van der Waals surface area contributed by atoms with E-state index in [4.69, 9.17) is 9.90 Å². The molecule has 0 radical (unpaired) electrons. The summed E-state index contributed by atoms with van der Waals surface area (Å²) in [5, 5.41) is 6.45. The molecule has 2 saturated heterocycles. The maximum atomic E-state index is 13.1. The minimum Gasteiger partial charge on any atom is -0.483 e. The van der Waals surface area contributed by atoms with Crippen molar-refractivity contribution in [3.63, 3.8) is 0 Å².